The summed E-state index contributed by atoms with van der Waals surface area (Å²) < 4.78 is 11.0. The fourth-order valence-corrected chi connectivity index (χ4v) is 7.53. The molecule has 1 aromatic heterocycles. The Hall–Kier alpha value is -3.85. The van der Waals surface area contributed by atoms with Crippen molar-refractivity contribution in [1.82, 2.24) is 25.0 Å². The molecule has 1 atom stereocenters. The number of aromatic nitrogens is 3. The molecule has 4 aliphatic rings. The molecule has 2 saturated heterocycles. The fraction of sp³-hybridized carbons (Fsp3) is 0.306. The van der Waals surface area contributed by atoms with Crippen molar-refractivity contribution in [1.29, 1.82) is 0 Å². The maximum absolute atomic E-state index is 14.2. The van der Waals surface area contributed by atoms with Crippen molar-refractivity contribution in [3.05, 3.63) is 91.4 Å². The zero-order chi connectivity index (χ0) is 35.9. The quantitative estimate of drug-likeness (QED) is 0.221. The van der Waals surface area contributed by atoms with Gasteiger partial charge in [-0.25, -0.2) is 9.98 Å². The number of amides is 1. The minimum absolute atomic E-state index is 0.00245. The first-order valence-electron chi connectivity index (χ1n) is 16.7. The molecule has 2 fully saturated rings. The van der Waals surface area contributed by atoms with Gasteiger partial charge in [0.2, 0.25) is 0 Å². The van der Waals surface area contributed by atoms with E-state index in [2.05, 4.69) is 25.0 Å². The Kier molecular flexibility index (Phi) is 10.1. The summed E-state index contributed by atoms with van der Waals surface area (Å²) in [5.74, 6) is -1.13. The Morgan fingerprint density at radius 2 is 1.44 bits per heavy atom. The summed E-state index contributed by atoms with van der Waals surface area (Å²) in [5.41, 5.74) is 3.43. The monoisotopic (exact) mass is 778 g/mol. The van der Waals surface area contributed by atoms with Gasteiger partial charge in [0.25, 0.3) is 11.9 Å². The summed E-state index contributed by atoms with van der Waals surface area (Å²) in [7, 11) is 0. The Bertz CT molecular complexity index is 2150. The van der Waals surface area contributed by atoms with Gasteiger partial charge in [0, 0.05) is 59.5 Å². The molecule has 0 bridgehead atoms. The van der Waals surface area contributed by atoms with E-state index in [0.717, 1.165) is 18.7 Å². The van der Waals surface area contributed by atoms with E-state index < -0.39 is 5.92 Å². The van der Waals surface area contributed by atoms with Crippen LogP contribution in [0.5, 0.6) is 0 Å². The molecule has 3 aliphatic heterocycles. The molecule has 1 amide bonds. The highest BCUT2D eigenvalue weighted by Crippen LogP contribution is 2.40. The molecule has 4 aromatic rings. The molecule has 8 rings (SSSR count). The average molecular weight is 780 g/mol. The van der Waals surface area contributed by atoms with Crippen molar-refractivity contribution in [3.63, 3.8) is 0 Å². The predicted molar refractivity (Wildman–Crippen MR) is 200 cm³/mol. The summed E-state index contributed by atoms with van der Waals surface area (Å²) in [5, 5.41) is 10.1. The van der Waals surface area contributed by atoms with Crippen molar-refractivity contribution in [3.8, 4) is 11.3 Å². The third kappa shape index (κ3) is 6.85. The van der Waals surface area contributed by atoms with Crippen molar-refractivity contribution in [2.75, 3.05) is 70.7 Å². The summed E-state index contributed by atoms with van der Waals surface area (Å²) >= 11 is 25.9. The molecule has 0 saturated carbocycles. The number of hydrogen-bond donors (Lipinski definition) is 0. The molecule has 266 valence electrons. The number of rotatable bonds is 7. The van der Waals surface area contributed by atoms with Crippen LogP contribution in [0.25, 0.3) is 11.3 Å². The van der Waals surface area contributed by atoms with Gasteiger partial charge in [-0.05, 0) is 42.0 Å². The van der Waals surface area contributed by atoms with E-state index in [1.165, 1.54) is 0 Å². The van der Waals surface area contributed by atoms with Crippen LogP contribution in [-0.4, -0.2) is 114 Å². The maximum Gasteiger partial charge on any atom is 0.278 e. The van der Waals surface area contributed by atoms with Crippen molar-refractivity contribution >= 4 is 87.0 Å². The van der Waals surface area contributed by atoms with E-state index in [4.69, 9.17) is 65.9 Å². The number of carbonyl (C=O) groups excluding carboxylic acids is 2. The molecule has 16 heteroatoms. The lowest BCUT2D eigenvalue weighted by Gasteiger charge is -2.30. The topological polar surface area (TPSA) is 126 Å². The summed E-state index contributed by atoms with van der Waals surface area (Å²) in [6, 6.07) is 15.6. The van der Waals surface area contributed by atoms with Crippen LogP contribution in [0.2, 0.25) is 20.1 Å². The second-order valence-corrected chi connectivity index (χ2v) is 14.3. The number of morpholine rings is 2. The highest BCUT2D eigenvalue weighted by atomic mass is 35.5. The van der Waals surface area contributed by atoms with Gasteiger partial charge in [0.05, 0.1) is 54.7 Å². The Balaban J connectivity index is 1.23. The number of benzene rings is 3. The van der Waals surface area contributed by atoms with Crippen LogP contribution in [0.3, 0.4) is 0 Å². The minimum Gasteiger partial charge on any atom is -0.379 e. The van der Waals surface area contributed by atoms with Crippen LogP contribution in [0.4, 0.5) is 17.5 Å². The normalized spacial score (nSPS) is 21.0. The number of fused-ring (bicyclic) bond motifs is 2. The van der Waals surface area contributed by atoms with E-state index in [1.54, 1.807) is 53.4 Å². The van der Waals surface area contributed by atoms with Gasteiger partial charge in [-0.3, -0.25) is 24.3 Å². The summed E-state index contributed by atoms with van der Waals surface area (Å²) in [4.78, 5) is 48.4. The molecule has 0 N–H and O–H groups in total. The number of ketones is 1. The minimum atomic E-state index is -0.462. The second kappa shape index (κ2) is 14.9. The number of anilines is 1. The van der Waals surface area contributed by atoms with Crippen LogP contribution in [-0.2, 0) is 19.1 Å². The number of aliphatic imine (C=N–C) groups is 2. The second-order valence-electron chi connectivity index (χ2n) is 12.6. The Morgan fingerprint density at radius 3 is 2.19 bits per heavy atom. The standard InChI is InChI=1S/C36H30Cl4N8O4/c37-20-4-6-22-24(16-20)30(33(49)26(22)18-46-8-12-51-13-9-46)42-36-43-34(31(44-45-36)23-2-1-3-27(39)29(23)40)41-32-25-17-21(38)5-7-28(25)48(35(32)50)19-47-10-14-52-15-11-47/h1-7,16-17,26H,8-15,18-19H2/b41-32-,42-30-. The lowest BCUT2D eigenvalue weighted by Crippen LogP contribution is -2.45. The molecule has 52 heavy (non-hydrogen) atoms. The smallest absolute Gasteiger partial charge is 0.278 e. The Morgan fingerprint density at radius 1 is 0.750 bits per heavy atom. The molecular formula is C36H30Cl4N8O4. The molecular weight excluding hydrogens is 750 g/mol. The largest absolute Gasteiger partial charge is 0.379 e. The number of Topliss-reactive ketones (excluding diaryl/α,β-unsaturated/α-hetero) is 1. The van der Waals surface area contributed by atoms with Crippen molar-refractivity contribution in [2.24, 2.45) is 9.98 Å². The molecule has 0 spiro atoms. The number of carbonyl (C=O) groups is 2. The average Bonchev–Trinajstić information content (AvgIpc) is 3.54. The van der Waals surface area contributed by atoms with Gasteiger partial charge in [-0.15, -0.1) is 10.2 Å². The van der Waals surface area contributed by atoms with Crippen LogP contribution in [0, 0.1) is 0 Å². The first-order valence-corrected chi connectivity index (χ1v) is 18.2. The first-order chi connectivity index (χ1) is 25.2. The highest BCUT2D eigenvalue weighted by Gasteiger charge is 2.39. The molecule has 1 aliphatic carbocycles. The van der Waals surface area contributed by atoms with Gasteiger partial charge < -0.3 is 9.47 Å². The van der Waals surface area contributed by atoms with E-state index in [-0.39, 0.29) is 50.6 Å². The Labute approximate surface area is 319 Å². The van der Waals surface area contributed by atoms with E-state index in [1.807, 2.05) is 6.07 Å². The number of hydrogen-bond acceptors (Lipinski definition) is 11. The summed E-state index contributed by atoms with van der Waals surface area (Å²) in [6.45, 7) is 6.00. The zero-order valence-corrected chi connectivity index (χ0v) is 30.6. The maximum atomic E-state index is 14.2. The molecule has 0 radical (unpaired) electrons. The lowest BCUT2D eigenvalue weighted by atomic mass is 10.00. The van der Waals surface area contributed by atoms with Gasteiger partial charge in [-0.2, -0.15) is 4.98 Å². The van der Waals surface area contributed by atoms with Gasteiger partial charge in [-0.1, -0.05) is 64.6 Å². The highest BCUT2D eigenvalue weighted by molar-refractivity contribution is 6.55. The fourth-order valence-electron chi connectivity index (χ4n) is 6.79. The van der Waals surface area contributed by atoms with Crippen LogP contribution in [0.1, 0.15) is 22.6 Å². The predicted octanol–water partition coefficient (Wildman–Crippen LogP) is 6.03. The van der Waals surface area contributed by atoms with Crippen molar-refractivity contribution in [2.45, 2.75) is 5.92 Å². The molecule has 4 heterocycles. The third-order valence-corrected chi connectivity index (χ3v) is 10.7. The lowest BCUT2D eigenvalue weighted by molar-refractivity contribution is -0.114. The molecule has 1 unspecified atom stereocenters. The zero-order valence-electron chi connectivity index (χ0n) is 27.6. The molecule has 3 aromatic carbocycles. The van der Waals surface area contributed by atoms with Crippen LogP contribution < -0.4 is 4.90 Å². The first kappa shape index (κ1) is 35.2. The van der Waals surface area contributed by atoms with Gasteiger partial charge >= 0.3 is 0 Å². The molecule has 12 nitrogen and oxygen atoms in total. The number of halogens is 4. The van der Waals surface area contributed by atoms with E-state index >= 15 is 0 Å². The summed E-state index contributed by atoms with van der Waals surface area (Å²) in [6.07, 6.45) is 0. The van der Waals surface area contributed by atoms with E-state index in [9.17, 15) is 9.59 Å². The number of nitrogens with zero attached hydrogens (tertiary/aromatic N) is 8. The van der Waals surface area contributed by atoms with Crippen LogP contribution in [0.15, 0.2) is 64.6 Å². The van der Waals surface area contributed by atoms with E-state index in [0.29, 0.717) is 85.2 Å². The van der Waals surface area contributed by atoms with Crippen LogP contribution >= 0.6 is 46.4 Å². The third-order valence-electron chi connectivity index (χ3n) is 9.43. The number of ether oxygens (including phenoxy) is 2. The SMILES string of the molecule is O=C1/C(=N\c2nnc(-c3cccc(Cl)c3Cl)c(/N=C3\C(=O)N(CN4CCOCC4)c4ccc(Cl)cc43)n2)c2cc(Cl)ccc2C1CN1CCOCC1. The van der Waals surface area contributed by atoms with Gasteiger partial charge in [0.15, 0.2) is 11.6 Å². The van der Waals surface area contributed by atoms with Gasteiger partial charge in [0.1, 0.15) is 17.1 Å². The van der Waals surface area contributed by atoms with Crippen molar-refractivity contribution < 1.29 is 19.1 Å².